The number of ether oxygens (including phenoxy) is 1. The van der Waals surface area contributed by atoms with Crippen LogP contribution in [0.15, 0.2) is 6.33 Å². The third-order valence-corrected chi connectivity index (χ3v) is 5.80. The number of nitrogens with zero attached hydrogens (tertiary/aromatic N) is 4. The van der Waals surface area contributed by atoms with Gasteiger partial charge in [-0.25, -0.2) is 4.98 Å². The minimum absolute atomic E-state index is 0.232. The maximum Gasteiger partial charge on any atom is 0.226 e. The van der Waals surface area contributed by atoms with Gasteiger partial charge in [0.2, 0.25) is 5.95 Å². The van der Waals surface area contributed by atoms with Gasteiger partial charge in [-0.1, -0.05) is 32.1 Å². The number of nitrogens with two attached hydrogens (primary N) is 1. The number of anilines is 2. The van der Waals surface area contributed by atoms with Crippen LogP contribution in [0.3, 0.4) is 0 Å². The summed E-state index contributed by atoms with van der Waals surface area (Å²) in [6, 6.07) is 0. The second kappa shape index (κ2) is 8.16. The molecule has 6 N–H and O–H groups in total. The van der Waals surface area contributed by atoms with E-state index in [1.165, 1.54) is 43.0 Å². The number of imidazole rings is 1. The van der Waals surface area contributed by atoms with Gasteiger partial charge in [0.25, 0.3) is 0 Å². The number of aliphatic hydroxyl groups is 3. The molecule has 1 aliphatic carbocycles. The van der Waals surface area contributed by atoms with Crippen LogP contribution in [-0.4, -0.2) is 66.3 Å². The van der Waals surface area contributed by atoms with Crippen molar-refractivity contribution in [2.45, 2.75) is 63.1 Å². The lowest BCUT2D eigenvalue weighted by molar-refractivity contribution is -0.0511. The Bertz CT molecular complexity index is 809. The van der Waals surface area contributed by atoms with Gasteiger partial charge in [-0.3, -0.25) is 4.57 Å². The molecule has 4 atom stereocenters. The zero-order valence-corrected chi connectivity index (χ0v) is 15.7. The zero-order valence-electron chi connectivity index (χ0n) is 15.7. The summed E-state index contributed by atoms with van der Waals surface area (Å²) in [4.78, 5) is 13.0. The second-order valence-electron chi connectivity index (χ2n) is 7.70. The number of aromatic nitrogens is 4. The lowest BCUT2D eigenvalue weighted by atomic mass is 9.87. The van der Waals surface area contributed by atoms with Crippen LogP contribution in [0.1, 0.15) is 44.8 Å². The molecule has 10 heteroatoms. The summed E-state index contributed by atoms with van der Waals surface area (Å²) in [6.45, 7) is 0.365. The summed E-state index contributed by atoms with van der Waals surface area (Å²) >= 11 is 0. The Kier molecular flexibility index (Phi) is 5.63. The predicted octanol–water partition coefficient (Wildman–Crippen LogP) is 0.402. The number of fused-ring (bicyclic) bond motifs is 1. The van der Waals surface area contributed by atoms with Gasteiger partial charge in [0.1, 0.15) is 23.8 Å². The average molecular weight is 392 g/mol. The predicted molar refractivity (Wildman–Crippen MR) is 102 cm³/mol. The molecular weight excluding hydrogens is 364 g/mol. The van der Waals surface area contributed by atoms with Crippen LogP contribution in [-0.2, 0) is 4.74 Å². The highest BCUT2D eigenvalue weighted by atomic mass is 16.6. The fourth-order valence-electron chi connectivity index (χ4n) is 4.18. The van der Waals surface area contributed by atoms with Crippen molar-refractivity contribution in [3.8, 4) is 0 Å². The van der Waals surface area contributed by atoms with Crippen molar-refractivity contribution < 1.29 is 20.1 Å². The summed E-state index contributed by atoms with van der Waals surface area (Å²) in [5, 5.41) is 32.8. The molecule has 1 saturated carbocycles. The van der Waals surface area contributed by atoms with Gasteiger partial charge < -0.3 is 31.1 Å². The Hall–Kier alpha value is -2.01. The van der Waals surface area contributed by atoms with Crippen LogP contribution >= 0.6 is 0 Å². The van der Waals surface area contributed by atoms with E-state index in [1.54, 1.807) is 0 Å². The van der Waals surface area contributed by atoms with Gasteiger partial charge in [0.15, 0.2) is 17.7 Å². The summed E-state index contributed by atoms with van der Waals surface area (Å²) in [6.07, 6.45) is 4.83. The number of rotatable bonds is 6. The van der Waals surface area contributed by atoms with E-state index < -0.39 is 31.1 Å². The standard InChI is InChI=1S/C18H28N6O4/c19-15-12-16(23-18(22-15)20-7-6-10-4-2-1-3-5-10)24(9-21-12)17-14(27)13(26)11(8-25)28-17/h9-11,13-14,17,25-27H,1-8H2,(H3,19,20,22,23)/t11-,13?,14?,17-/m1/s1. The van der Waals surface area contributed by atoms with Crippen LogP contribution < -0.4 is 11.1 Å². The number of hydrogen-bond donors (Lipinski definition) is 5. The van der Waals surface area contributed by atoms with Crippen LogP contribution in [0.25, 0.3) is 11.2 Å². The molecule has 1 aliphatic heterocycles. The van der Waals surface area contributed by atoms with Crippen molar-refractivity contribution in [2.24, 2.45) is 5.92 Å². The van der Waals surface area contributed by atoms with Gasteiger partial charge in [-0.15, -0.1) is 0 Å². The van der Waals surface area contributed by atoms with Crippen LogP contribution in [0.4, 0.5) is 11.8 Å². The van der Waals surface area contributed by atoms with Crippen LogP contribution in [0.2, 0.25) is 0 Å². The van der Waals surface area contributed by atoms with E-state index in [0.717, 1.165) is 18.9 Å². The Morgan fingerprint density at radius 1 is 1.18 bits per heavy atom. The first kappa shape index (κ1) is 19.3. The molecule has 0 aromatic carbocycles. The molecule has 0 spiro atoms. The molecule has 3 heterocycles. The molecule has 0 radical (unpaired) electrons. The number of nitrogens with one attached hydrogen (secondary N) is 1. The minimum Gasteiger partial charge on any atom is -0.394 e. The molecule has 2 aliphatic rings. The Labute approximate surface area is 162 Å². The van der Waals surface area contributed by atoms with E-state index in [2.05, 4.69) is 20.3 Å². The highest BCUT2D eigenvalue weighted by Crippen LogP contribution is 2.32. The van der Waals surface area contributed by atoms with Crippen molar-refractivity contribution in [3.05, 3.63) is 6.33 Å². The lowest BCUT2D eigenvalue weighted by Crippen LogP contribution is -2.33. The molecule has 0 bridgehead atoms. The molecule has 2 unspecified atom stereocenters. The van der Waals surface area contributed by atoms with E-state index in [1.807, 2.05) is 0 Å². The first-order valence-corrected chi connectivity index (χ1v) is 9.95. The van der Waals surface area contributed by atoms with Crippen molar-refractivity contribution in [2.75, 3.05) is 24.2 Å². The Balaban J connectivity index is 1.51. The summed E-state index contributed by atoms with van der Waals surface area (Å²) < 4.78 is 7.10. The molecule has 2 fully saturated rings. The molecule has 10 nitrogen and oxygen atoms in total. The average Bonchev–Trinajstić information content (AvgIpc) is 3.24. The Morgan fingerprint density at radius 3 is 2.68 bits per heavy atom. The van der Waals surface area contributed by atoms with Crippen molar-refractivity contribution in [1.29, 1.82) is 0 Å². The smallest absolute Gasteiger partial charge is 0.226 e. The minimum atomic E-state index is -1.21. The lowest BCUT2D eigenvalue weighted by Gasteiger charge is -2.21. The van der Waals surface area contributed by atoms with E-state index >= 15 is 0 Å². The van der Waals surface area contributed by atoms with E-state index in [-0.39, 0.29) is 5.82 Å². The maximum absolute atomic E-state index is 10.3. The Morgan fingerprint density at radius 2 is 1.96 bits per heavy atom. The largest absolute Gasteiger partial charge is 0.394 e. The highest BCUT2D eigenvalue weighted by Gasteiger charge is 2.44. The SMILES string of the molecule is Nc1nc(NCCC2CCCCC2)nc2c1ncn2[C@@H]1O[C@H](CO)C(O)C1O. The molecular formula is C18H28N6O4. The van der Waals surface area contributed by atoms with Gasteiger partial charge >= 0.3 is 0 Å². The normalized spacial score (nSPS) is 28.8. The quantitative estimate of drug-likeness (QED) is 0.470. The number of nitrogen functional groups attached to an aromatic ring is 1. The molecule has 4 rings (SSSR count). The molecule has 28 heavy (non-hydrogen) atoms. The maximum atomic E-state index is 10.3. The van der Waals surface area contributed by atoms with Crippen LogP contribution in [0.5, 0.6) is 0 Å². The third-order valence-electron chi connectivity index (χ3n) is 5.80. The summed E-state index contributed by atoms with van der Waals surface area (Å²) in [5.74, 6) is 1.37. The summed E-state index contributed by atoms with van der Waals surface area (Å²) in [7, 11) is 0. The van der Waals surface area contributed by atoms with E-state index in [0.29, 0.717) is 17.1 Å². The third kappa shape index (κ3) is 3.64. The molecule has 2 aromatic rings. The van der Waals surface area contributed by atoms with Gasteiger partial charge in [0.05, 0.1) is 12.9 Å². The van der Waals surface area contributed by atoms with Gasteiger partial charge in [0, 0.05) is 6.54 Å². The zero-order chi connectivity index (χ0) is 19.7. The van der Waals surface area contributed by atoms with Crippen molar-refractivity contribution in [3.63, 3.8) is 0 Å². The monoisotopic (exact) mass is 392 g/mol. The molecule has 2 aromatic heterocycles. The summed E-state index contributed by atoms with van der Waals surface area (Å²) in [5.41, 5.74) is 6.84. The highest BCUT2D eigenvalue weighted by molar-refractivity contribution is 5.83. The van der Waals surface area contributed by atoms with Crippen LogP contribution in [0, 0.1) is 5.92 Å². The van der Waals surface area contributed by atoms with E-state index in [4.69, 9.17) is 10.5 Å². The topological polar surface area (TPSA) is 152 Å². The van der Waals surface area contributed by atoms with Crippen molar-refractivity contribution in [1.82, 2.24) is 19.5 Å². The first-order valence-electron chi connectivity index (χ1n) is 9.95. The molecule has 1 saturated heterocycles. The molecule has 154 valence electrons. The number of aliphatic hydroxyl groups excluding tert-OH is 3. The van der Waals surface area contributed by atoms with Crippen molar-refractivity contribution >= 4 is 22.9 Å². The first-order chi connectivity index (χ1) is 13.6. The van der Waals surface area contributed by atoms with Gasteiger partial charge in [-0.05, 0) is 12.3 Å². The molecule has 0 amide bonds. The fourth-order valence-corrected chi connectivity index (χ4v) is 4.18. The second-order valence-corrected chi connectivity index (χ2v) is 7.70. The van der Waals surface area contributed by atoms with Gasteiger partial charge in [-0.2, -0.15) is 9.97 Å². The fraction of sp³-hybridized carbons (Fsp3) is 0.722. The van der Waals surface area contributed by atoms with E-state index in [9.17, 15) is 15.3 Å². The number of hydrogen-bond acceptors (Lipinski definition) is 9.